The molecule has 0 bridgehead atoms. The lowest BCUT2D eigenvalue weighted by Gasteiger charge is -2.40. The Morgan fingerprint density at radius 1 is 0.738 bits per heavy atom. The summed E-state index contributed by atoms with van der Waals surface area (Å²) in [6, 6.07) is 8.94. The maximum Gasteiger partial charge on any atom is 0.229 e. The van der Waals surface area contributed by atoms with Crippen molar-refractivity contribution in [3.63, 3.8) is 0 Å². The molecule has 10 unspecified atom stereocenters. The zero-order valence-electron chi connectivity index (χ0n) is 23.3. The fourth-order valence-electron chi connectivity index (χ4n) is 5.20. The molecule has 2 aliphatic heterocycles. The third-order valence-electron chi connectivity index (χ3n) is 7.61. The molecule has 2 saturated heterocycles. The number of rotatable bonds is 7. The highest BCUT2D eigenvalue weighted by Gasteiger charge is 2.45. The lowest BCUT2D eigenvalue weighted by molar-refractivity contribution is -0.273. The van der Waals surface area contributed by atoms with Crippen molar-refractivity contribution in [3.05, 3.63) is 52.9 Å². The summed E-state index contributed by atoms with van der Waals surface area (Å²) in [4.78, 5) is 13.4. The van der Waals surface area contributed by atoms with E-state index < -0.39 is 72.6 Å². The largest absolute Gasteiger partial charge is 0.507 e. The number of phenols is 1. The van der Waals surface area contributed by atoms with Crippen LogP contribution in [-0.4, -0.2) is 101 Å². The first-order valence-corrected chi connectivity index (χ1v) is 13.3. The first kappa shape index (κ1) is 30.2. The number of aliphatic hydroxyl groups excluding tert-OH is 4. The van der Waals surface area contributed by atoms with Gasteiger partial charge in [-0.1, -0.05) is 12.1 Å². The normalized spacial score (nSPS) is 33.4. The lowest BCUT2D eigenvalue weighted by Crippen LogP contribution is -2.59. The van der Waals surface area contributed by atoms with Crippen molar-refractivity contribution in [2.45, 2.75) is 75.3 Å². The van der Waals surface area contributed by atoms with Gasteiger partial charge in [0.15, 0.2) is 0 Å². The second-order valence-corrected chi connectivity index (χ2v) is 10.3. The molecule has 0 radical (unpaired) electrons. The molecular weight excluding hydrogens is 556 g/mol. The van der Waals surface area contributed by atoms with Crippen LogP contribution >= 0.6 is 0 Å². The van der Waals surface area contributed by atoms with Crippen molar-refractivity contribution in [1.82, 2.24) is 0 Å². The molecule has 0 saturated carbocycles. The van der Waals surface area contributed by atoms with E-state index in [1.54, 1.807) is 38.1 Å². The van der Waals surface area contributed by atoms with E-state index in [4.69, 9.17) is 32.8 Å². The first-order valence-electron chi connectivity index (χ1n) is 13.3. The summed E-state index contributed by atoms with van der Waals surface area (Å²) in [6.07, 6.45) is -8.91. The van der Waals surface area contributed by atoms with E-state index in [9.17, 15) is 30.3 Å². The second kappa shape index (κ2) is 12.1. The van der Waals surface area contributed by atoms with E-state index in [2.05, 4.69) is 0 Å². The molecule has 13 heteroatoms. The number of aromatic hydroxyl groups is 1. The predicted molar refractivity (Wildman–Crippen MR) is 145 cm³/mol. The number of methoxy groups -OCH3 is 2. The standard InChI is InChI=1S/C29H34O13/c1-12-21(31)26(36-3)24(34)28(39-12)41-15-7-5-14(6-8-15)17-11-38-19-10-16(9-18(30)20(19)23(17)33)42-29-25(35)27(37-4)22(32)13(2)40-29/h5-13,21-22,24-32,34-35H,1-4H3. The second-order valence-electron chi connectivity index (χ2n) is 10.3. The van der Waals surface area contributed by atoms with Gasteiger partial charge in [0.25, 0.3) is 0 Å². The van der Waals surface area contributed by atoms with Crippen molar-refractivity contribution in [2.75, 3.05) is 14.2 Å². The third-order valence-corrected chi connectivity index (χ3v) is 7.61. The van der Waals surface area contributed by atoms with Gasteiger partial charge in [0, 0.05) is 26.4 Å². The SMILES string of the molecule is COC1C(O)C(C)OC(Oc2ccc(-c3coc4cc(OC5OC(C)C(O)C(OC)C5O)cc(O)c4c3=O)cc2)C1O. The molecule has 0 spiro atoms. The molecule has 13 nitrogen and oxygen atoms in total. The number of hydrogen-bond acceptors (Lipinski definition) is 13. The molecule has 1 aromatic heterocycles. The van der Waals surface area contributed by atoms with E-state index in [-0.39, 0.29) is 22.3 Å². The van der Waals surface area contributed by atoms with Gasteiger partial charge in [0.1, 0.15) is 71.1 Å². The summed E-state index contributed by atoms with van der Waals surface area (Å²) < 4.78 is 38.7. The number of ether oxygens (including phenoxy) is 6. The zero-order chi connectivity index (χ0) is 30.3. The van der Waals surface area contributed by atoms with Crippen LogP contribution in [0.2, 0.25) is 0 Å². The summed E-state index contributed by atoms with van der Waals surface area (Å²) in [7, 11) is 2.72. The van der Waals surface area contributed by atoms with Gasteiger partial charge in [-0.05, 0) is 31.5 Å². The fraction of sp³-hybridized carbons (Fsp3) is 0.483. The van der Waals surface area contributed by atoms with Crippen LogP contribution in [0.3, 0.4) is 0 Å². The van der Waals surface area contributed by atoms with Gasteiger partial charge in [-0.25, -0.2) is 0 Å². The summed E-state index contributed by atoms with van der Waals surface area (Å²) >= 11 is 0. The third kappa shape index (κ3) is 5.57. The Hall–Kier alpha value is -3.27. The van der Waals surface area contributed by atoms with Gasteiger partial charge in [-0.3, -0.25) is 4.79 Å². The Morgan fingerprint density at radius 3 is 1.79 bits per heavy atom. The number of phenolic OH excluding ortho intramolecular Hbond substituents is 1. The summed E-state index contributed by atoms with van der Waals surface area (Å²) in [6.45, 7) is 3.24. The van der Waals surface area contributed by atoms with Gasteiger partial charge in [0.2, 0.25) is 18.0 Å². The number of fused-ring (bicyclic) bond motifs is 1. The van der Waals surface area contributed by atoms with Crippen molar-refractivity contribution >= 4 is 11.0 Å². The molecule has 3 aromatic rings. The molecule has 3 heterocycles. The highest BCUT2D eigenvalue weighted by atomic mass is 16.7. The topological polar surface area (TPSA) is 187 Å². The Labute approximate surface area is 240 Å². The van der Waals surface area contributed by atoms with Gasteiger partial charge in [-0.2, -0.15) is 0 Å². The number of hydrogen-bond donors (Lipinski definition) is 5. The van der Waals surface area contributed by atoms with Gasteiger partial charge >= 0.3 is 0 Å². The van der Waals surface area contributed by atoms with Crippen LogP contribution < -0.4 is 14.9 Å². The molecular formula is C29H34O13. The Kier molecular flexibility index (Phi) is 8.73. The van der Waals surface area contributed by atoms with E-state index in [1.165, 1.54) is 32.6 Å². The smallest absolute Gasteiger partial charge is 0.229 e. The quantitative estimate of drug-likeness (QED) is 0.261. The molecule has 5 rings (SSSR count). The average molecular weight is 591 g/mol. The Morgan fingerprint density at radius 2 is 1.26 bits per heavy atom. The maximum atomic E-state index is 13.4. The summed E-state index contributed by atoms with van der Waals surface area (Å²) in [5, 5.41) is 52.0. The number of aliphatic hydroxyl groups is 4. The molecule has 228 valence electrons. The van der Waals surface area contributed by atoms with E-state index in [0.29, 0.717) is 11.3 Å². The summed E-state index contributed by atoms with van der Waals surface area (Å²) in [5.74, 6) is -0.0162. The van der Waals surface area contributed by atoms with E-state index in [1.807, 2.05) is 0 Å². The fourth-order valence-corrected chi connectivity index (χ4v) is 5.20. The van der Waals surface area contributed by atoms with Crippen LogP contribution in [0.1, 0.15) is 13.8 Å². The minimum Gasteiger partial charge on any atom is -0.507 e. The van der Waals surface area contributed by atoms with Gasteiger partial charge in [0.05, 0.1) is 17.8 Å². The average Bonchev–Trinajstić information content (AvgIpc) is 2.96. The minimum atomic E-state index is -1.33. The van der Waals surface area contributed by atoms with Gasteiger partial charge in [-0.15, -0.1) is 0 Å². The predicted octanol–water partition coefficient (Wildman–Crippen LogP) is 0.886. The van der Waals surface area contributed by atoms with Crippen molar-refractivity contribution < 1.29 is 58.4 Å². The Balaban J connectivity index is 1.35. The van der Waals surface area contributed by atoms with Gasteiger partial charge < -0.3 is 58.4 Å². The molecule has 10 atom stereocenters. The highest BCUT2D eigenvalue weighted by molar-refractivity contribution is 5.88. The molecule has 0 aliphatic carbocycles. The van der Waals surface area contributed by atoms with Crippen LogP contribution in [0.5, 0.6) is 17.2 Å². The van der Waals surface area contributed by atoms with Crippen molar-refractivity contribution in [1.29, 1.82) is 0 Å². The van der Waals surface area contributed by atoms with E-state index >= 15 is 0 Å². The van der Waals surface area contributed by atoms with Crippen LogP contribution in [0.25, 0.3) is 22.1 Å². The van der Waals surface area contributed by atoms with Crippen LogP contribution in [0.15, 0.2) is 51.9 Å². The lowest BCUT2D eigenvalue weighted by atomic mass is 9.99. The van der Waals surface area contributed by atoms with Crippen LogP contribution in [0, 0.1) is 0 Å². The molecule has 2 aliphatic rings. The van der Waals surface area contributed by atoms with Crippen LogP contribution in [-0.2, 0) is 18.9 Å². The molecule has 2 fully saturated rings. The summed E-state index contributed by atoms with van der Waals surface area (Å²) in [5.41, 5.74) is 0.168. The molecule has 42 heavy (non-hydrogen) atoms. The minimum absolute atomic E-state index is 0.0350. The molecule has 2 aromatic carbocycles. The van der Waals surface area contributed by atoms with Crippen molar-refractivity contribution in [2.24, 2.45) is 0 Å². The zero-order valence-corrected chi connectivity index (χ0v) is 23.3. The number of benzene rings is 2. The monoisotopic (exact) mass is 590 g/mol. The molecule has 0 amide bonds. The maximum absolute atomic E-state index is 13.4. The highest BCUT2D eigenvalue weighted by Crippen LogP contribution is 2.33. The first-order chi connectivity index (χ1) is 20.0. The van der Waals surface area contributed by atoms with E-state index in [0.717, 1.165) is 0 Å². The molecule has 5 N–H and O–H groups in total. The van der Waals surface area contributed by atoms with Crippen LogP contribution in [0.4, 0.5) is 0 Å². The van der Waals surface area contributed by atoms with Crippen molar-refractivity contribution in [3.8, 4) is 28.4 Å². The Bertz CT molecular complexity index is 1440.